The van der Waals surface area contributed by atoms with Crippen LogP contribution in [0.3, 0.4) is 0 Å². The molecule has 3 aromatic rings. The zero-order valence-corrected chi connectivity index (χ0v) is 20.5. The van der Waals surface area contributed by atoms with Crippen molar-refractivity contribution in [3.05, 3.63) is 101 Å². The minimum absolute atomic E-state index is 0.248. The molecule has 2 heterocycles. The predicted molar refractivity (Wildman–Crippen MR) is 142 cm³/mol. The average Bonchev–Trinajstić information content (AvgIpc) is 3.20. The molecule has 180 valence electrons. The van der Waals surface area contributed by atoms with Crippen molar-refractivity contribution < 1.29 is 4.79 Å². The highest BCUT2D eigenvalue weighted by Crippen LogP contribution is 2.35. The molecule has 0 atom stereocenters. The van der Waals surface area contributed by atoms with E-state index in [0.29, 0.717) is 12.0 Å². The Morgan fingerprint density at radius 3 is 2.06 bits per heavy atom. The molecule has 2 aliphatic heterocycles. The van der Waals surface area contributed by atoms with Crippen LogP contribution in [0.1, 0.15) is 58.6 Å². The highest BCUT2D eigenvalue weighted by Gasteiger charge is 2.35. The Kier molecular flexibility index (Phi) is 6.30. The lowest BCUT2D eigenvalue weighted by molar-refractivity contribution is 0.0606. The molecule has 0 radical (unpaired) electrons. The molecule has 35 heavy (non-hydrogen) atoms. The smallest absolute Gasteiger partial charge is 0.254 e. The number of rotatable bonds is 7. The Balaban J connectivity index is 1.07. The third-order valence-electron chi connectivity index (χ3n) is 8.32. The van der Waals surface area contributed by atoms with Crippen LogP contribution in [0, 0.1) is 0 Å². The fourth-order valence-corrected chi connectivity index (χ4v) is 5.94. The number of benzene rings is 3. The maximum atomic E-state index is 13.0. The quantitative estimate of drug-likeness (QED) is 0.458. The van der Waals surface area contributed by atoms with Gasteiger partial charge in [-0.3, -0.25) is 9.69 Å². The van der Waals surface area contributed by atoms with E-state index in [1.165, 1.54) is 41.6 Å². The molecule has 1 amide bonds. The number of fused-ring (bicyclic) bond motifs is 1. The van der Waals surface area contributed by atoms with Crippen LogP contribution in [0.15, 0.2) is 78.9 Å². The summed E-state index contributed by atoms with van der Waals surface area (Å²) in [6.07, 6.45) is 4.73. The Morgan fingerprint density at radius 2 is 1.46 bits per heavy atom. The molecule has 1 aliphatic carbocycles. The van der Waals surface area contributed by atoms with Gasteiger partial charge in [0.2, 0.25) is 0 Å². The summed E-state index contributed by atoms with van der Waals surface area (Å²) in [7, 11) is 0. The van der Waals surface area contributed by atoms with Crippen LogP contribution >= 0.6 is 0 Å². The van der Waals surface area contributed by atoms with Crippen LogP contribution in [0.5, 0.6) is 0 Å². The summed E-state index contributed by atoms with van der Waals surface area (Å²) in [6, 6.07) is 28.9. The molecule has 4 nitrogen and oxygen atoms in total. The van der Waals surface area contributed by atoms with E-state index < -0.39 is 0 Å². The van der Waals surface area contributed by atoms with Crippen LogP contribution in [0.2, 0.25) is 0 Å². The van der Waals surface area contributed by atoms with E-state index in [0.717, 1.165) is 51.3 Å². The first kappa shape index (κ1) is 22.4. The number of hydrogen-bond acceptors (Lipinski definition) is 3. The molecule has 1 saturated heterocycles. The van der Waals surface area contributed by atoms with Crippen LogP contribution in [0.4, 0.5) is 5.69 Å². The van der Waals surface area contributed by atoms with Crippen LogP contribution in [-0.2, 0) is 6.54 Å². The molecule has 0 aromatic heterocycles. The molecule has 3 aromatic carbocycles. The second-order valence-corrected chi connectivity index (χ2v) is 10.4. The first-order valence-corrected chi connectivity index (χ1v) is 13.3. The summed E-state index contributed by atoms with van der Waals surface area (Å²) >= 11 is 0. The molecule has 0 spiro atoms. The third kappa shape index (κ3) is 4.60. The Hall–Kier alpha value is -3.11. The standard InChI is InChI=1S/C31H35N3O/c35-31-30-22-28(15-14-26(30)23-34(31)27-12-7-13-27)33-20-18-32(19-21-33)17-16-29(24-8-3-1-4-9-24)25-10-5-2-6-11-25/h1-6,8-11,14-15,22,27,29H,7,12-13,16-21,23H2. The van der Waals surface area contributed by atoms with Crippen LogP contribution in [-0.4, -0.2) is 54.5 Å². The van der Waals surface area contributed by atoms with Gasteiger partial charge in [0.15, 0.2) is 0 Å². The summed E-state index contributed by atoms with van der Waals surface area (Å²) in [6.45, 7) is 6.06. The number of carbonyl (C=O) groups excluding carboxylic acids is 1. The van der Waals surface area contributed by atoms with E-state index in [1.54, 1.807) is 0 Å². The molecule has 4 heteroatoms. The fourth-order valence-electron chi connectivity index (χ4n) is 5.94. The Labute approximate surface area is 209 Å². The van der Waals surface area contributed by atoms with Gasteiger partial charge in [0.25, 0.3) is 5.91 Å². The van der Waals surface area contributed by atoms with Gasteiger partial charge in [-0.05, 0) is 61.1 Å². The second kappa shape index (κ2) is 9.87. The van der Waals surface area contributed by atoms with Gasteiger partial charge in [-0.2, -0.15) is 0 Å². The zero-order chi connectivity index (χ0) is 23.6. The molecule has 2 fully saturated rings. The monoisotopic (exact) mass is 465 g/mol. The second-order valence-electron chi connectivity index (χ2n) is 10.4. The minimum Gasteiger partial charge on any atom is -0.369 e. The van der Waals surface area contributed by atoms with Gasteiger partial charge in [0, 0.05) is 55.9 Å². The SMILES string of the molecule is O=C1c2cc(N3CCN(CCC(c4ccccc4)c4ccccc4)CC3)ccc2CN1C1CCC1. The highest BCUT2D eigenvalue weighted by atomic mass is 16.2. The van der Waals surface area contributed by atoms with Crippen molar-refractivity contribution in [3.63, 3.8) is 0 Å². The molecule has 3 aliphatic rings. The number of amides is 1. The fraction of sp³-hybridized carbons (Fsp3) is 0.387. The summed E-state index contributed by atoms with van der Waals surface area (Å²) in [5, 5.41) is 0. The number of piperazine rings is 1. The molecule has 0 unspecified atom stereocenters. The molecular weight excluding hydrogens is 430 g/mol. The lowest BCUT2D eigenvalue weighted by Gasteiger charge is -2.37. The Morgan fingerprint density at radius 1 is 0.800 bits per heavy atom. The Bertz CT molecular complexity index is 1110. The number of nitrogens with zero attached hydrogens (tertiary/aromatic N) is 3. The van der Waals surface area contributed by atoms with Gasteiger partial charge in [-0.1, -0.05) is 66.7 Å². The molecule has 1 saturated carbocycles. The van der Waals surface area contributed by atoms with Crippen LogP contribution in [0.25, 0.3) is 0 Å². The molecule has 0 bridgehead atoms. The van der Waals surface area contributed by atoms with E-state index in [9.17, 15) is 4.79 Å². The first-order valence-electron chi connectivity index (χ1n) is 13.3. The van der Waals surface area contributed by atoms with Crippen molar-refractivity contribution in [1.29, 1.82) is 0 Å². The van der Waals surface area contributed by atoms with Crippen molar-refractivity contribution in [1.82, 2.24) is 9.80 Å². The van der Waals surface area contributed by atoms with Crippen molar-refractivity contribution >= 4 is 11.6 Å². The topological polar surface area (TPSA) is 26.8 Å². The molecule has 0 N–H and O–H groups in total. The first-order chi connectivity index (χ1) is 17.3. The number of anilines is 1. The molecular formula is C31H35N3O. The van der Waals surface area contributed by atoms with E-state index >= 15 is 0 Å². The van der Waals surface area contributed by atoms with Gasteiger partial charge in [0.05, 0.1) is 0 Å². The third-order valence-corrected chi connectivity index (χ3v) is 8.32. The van der Waals surface area contributed by atoms with Gasteiger partial charge >= 0.3 is 0 Å². The minimum atomic E-state index is 0.248. The van der Waals surface area contributed by atoms with Gasteiger partial charge in [-0.15, -0.1) is 0 Å². The molecule has 6 rings (SSSR count). The van der Waals surface area contributed by atoms with Crippen molar-refractivity contribution in [2.75, 3.05) is 37.6 Å². The average molecular weight is 466 g/mol. The van der Waals surface area contributed by atoms with Gasteiger partial charge in [0.1, 0.15) is 0 Å². The lowest BCUT2D eigenvalue weighted by Crippen LogP contribution is -2.46. The van der Waals surface area contributed by atoms with E-state index in [4.69, 9.17) is 0 Å². The van der Waals surface area contributed by atoms with Crippen molar-refractivity contribution in [2.24, 2.45) is 0 Å². The van der Waals surface area contributed by atoms with E-state index in [1.807, 2.05) is 0 Å². The lowest BCUT2D eigenvalue weighted by atomic mass is 9.88. The summed E-state index contributed by atoms with van der Waals surface area (Å²) in [4.78, 5) is 20.2. The van der Waals surface area contributed by atoms with Crippen molar-refractivity contribution in [2.45, 2.75) is 44.2 Å². The number of hydrogen-bond donors (Lipinski definition) is 0. The number of carbonyl (C=O) groups is 1. The van der Waals surface area contributed by atoms with E-state index in [2.05, 4.69) is 93.6 Å². The zero-order valence-electron chi connectivity index (χ0n) is 20.5. The van der Waals surface area contributed by atoms with Gasteiger partial charge in [-0.25, -0.2) is 0 Å². The highest BCUT2D eigenvalue weighted by molar-refractivity contribution is 5.99. The van der Waals surface area contributed by atoms with E-state index in [-0.39, 0.29) is 5.91 Å². The maximum absolute atomic E-state index is 13.0. The van der Waals surface area contributed by atoms with Gasteiger partial charge < -0.3 is 9.80 Å². The maximum Gasteiger partial charge on any atom is 0.254 e. The summed E-state index contributed by atoms with van der Waals surface area (Å²) in [5.74, 6) is 0.676. The van der Waals surface area contributed by atoms with Crippen molar-refractivity contribution in [3.8, 4) is 0 Å². The summed E-state index contributed by atoms with van der Waals surface area (Å²) < 4.78 is 0. The summed E-state index contributed by atoms with van der Waals surface area (Å²) in [5.41, 5.74) is 6.15. The normalized spacial score (nSPS) is 18.7. The largest absolute Gasteiger partial charge is 0.369 e. The predicted octanol–water partition coefficient (Wildman–Crippen LogP) is 5.54. The van der Waals surface area contributed by atoms with Crippen LogP contribution < -0.4 is 4.90 Å².